The van der Waals surface area contributed by atoms with E-state index in [4.69, 9.17) is 6.11 Å². The Morgan fingerprint density at radius 1 is 1.47 bits per heavy atom. The molecule has 0 aliphatic carbocycles. The monoisotopic (exact) mass is 265 g/mol. The Morgan fingerprint density at radius 3 is 3.00 bits per heavy atom. The Hall–Kier alpha value is -1.73. The molecule has 3 heterocycles. The maximum Gasteiger partial charge on any atom is 0.167 e. The number of imidazole rings is 1. The van der Waals surface area contributed by atoms with Crippen LogP contribution in [0, 0.1) is 0 Å². The number of hydrogen-bond acceptors (Lipinski definition) is 6. The van der Waals surface area contributed by atoms with Crippen LogP contribution in [0.25, 0.3) is 11.2 Å². The minimum Gasteiger partial charge on any atom is -0.390 e. The fourth-order valence-electron chi connectivity index (χ4n) is 2.26. The minimum absolute atomic E-state index is 0.0439. The Kier molecular flexibility index (Phi) is 2.59. The highest BCUT2D eigenvalue weighted by atomic mass is 16.5. The van der Waals surface area contributed by atoms with Crippen molar-refractivity contribution in [3.63, 3.8) is 0 Å². The Balaban J connectivity index is 2.00. The highest BCUT2D eigenvalue weighted by Crippen LogP contribution is 2.31. The third-order valence-electron chi connectivity index (χ3n) is 3.28. The molecule has 1 fully saturated rings. The molecule has 0 unspecified atom stereocenters. The number of nitrogens with zero attached hydrogens (tertiary/aromatic N) is 5. The molecule has 2 aromatic heterocycles. The van der Waals surface area contributed by atoms with Gasteiger partial charge in [-0.1, -0.05) is 0 Å². The fourth-order valence-corrected chi connectivity index (χ4v) is 2.26. The number of hydrogen-bond donors (Lipinski definition) is 1. The number of aliphatic hydroxyl groups excluding tert-OH is 1. The standard InChI is InChI=1S/C12H17N5O2/c1-7-8(18)4-9(19-7)17-6-15-10-11(16(2)3)13-5-14-12(10)17/h5-9,18H,4H2,1-3H3/t7-,8-,9-/m1/s1/i1T. The number of ether oxygens (including phenoxy) is 1. The first kappa shape index (κ1) is 11.1. The zero-order valence-corrected chi connectivity index (χ0v) is 10.9. The van der Waals surface area contributed by atoms with E-state index >= 15 is 0 Å². The maximum atomic E-state index is 9.85. The van der Waals surface area contributed by atoms with Crippen molar-refractivity contribution < 1.29 is 11.2 Å². The van der Waals surface area contributed by atoms with Crippen LogP contribution in [0.2, 0.25) is 0 Å². The summed E-state index contributed by atoms with van der Waals surface area (Å²) in [6.07, 6.45) is 2.17. The SMILES string of the molecule is [3H]C[C@H]1O[C@@H](n2cnc3c(N(C)C)ncnc32)C[C@H]1O. The lowest BCUT2D eigenvalue weighted by Gasteiger charge is -2.14. The van der Waals surface area contributed by atoms with E-state index in [0.717, 1.165) is 5.82 Å². The Bertz CT molecular complexity index is 617. The molecule has 0 spiro atoms. The lowest BCUT2D eigenvalue weighted by molar-refractivity contribution is -0.00632. The number of anilines is 1. The lowest BCUT2D eigenvalue weighted by atomic mass is 10.2. The number of fused-ring (bicyclic) bond motifs is 1. The Morgan fingerprint density at radius 2 is 2.32 bits per heavy atom. The summed E-state index contributed by atoms with van der Waals surface area (Å²) < 4.78 is 14.8. The van der Waals surface area contributed by atoms with Crippen LogP contribution < -0.4 is 4.90 Å². The summed E-state index contributed by atoms with van der Waals surface area (Å²) in [5.74, 6) is 0.740. The topological polar surface area (TPSA) is 76.3 Å². The summed E-state index contributed by atoms with van der Waals surface area (Å²) in [5.41, 5.74) is 1.37. The van der Waals surface area contributed by atoms with Crippen LogP contribution in [0.15, 0.2) is 12.7 Å². The van der Waals surface area contributed by atoms with Crippen molar-refractivity contribution in [3.05, 3.63) is 12.7 Å². The minimum atomic E-state index is -0.620. The molecule has 7 nitrogen and oxygen atoms in total. The average molecular weight is 265 g/mol. The first-order valence-corrected chi connectivity index (χ1v) is 6.09. The largest absolute Gasteiger partial charge is 0.390 e. The summed E-state index contributed by atoms with van der Waals surface area (Å²) in [7, 11) is 3.79. The van der Waals surface area contributed by atoms with E-state index in [1.54, 1.807) is 10.9 Å². The maximum absolute atomic E-state index is 9.85. The van der Waals surface area contributed by atoms with E-state index < -0.39 is 12.2 Å². The summed E-state index contributed by atoms with van der Waals surface area (Å²) in [5, 5.41) is 9.85. The van der Waals surface area contributed by atoms with Crippen LogP contribution in [0.4, 0.5) is 5.82 Å². The van der Waals surface area contributed by atoms with Gasteiger partial charge in [0.15, 0.2) is 17.0 Å². The van der Waals surface area contributed by atoms with Gasteiger partial charge in [-0.3, -0.25) is 4.57 Å². The third-order valence-corrected chi connectivity index (χ3v) is 3.28. The molecule has 3 rings (SSSR count). The molecule has 0 saturated carbocycles. The van der Waals surface area contributed by atoms with Crippen molar-refractivity contribution >= 4 is 17.0 Å². The van der Waals surface area contributed by atoms with Crippen LogP contribution in [-0.2, 0) is 4.74 Å². The molecule has 0 radical (unpaired) electrons. The molecular weight excluding hydrogens is 246 g/mol. The molecule has 1 aliphatic heterocycles. The number of aliphatic hydroxyl groups is 1. The van der Waals surface area contributed by atoms with Crippen LogP contribution in [0.1, 0.15) is 20.9 Å². The normalized spacial score (nSPS) is 27.7. The van der Waals surface area contributed by atoms with Gasteiger partial charge in [0.1, 0.15) is 12.6 Å². The summed E-state index contributed by atoms with van der Waals surface area (Å²) in [6.45, 7) is 0.0439. The molecule has 0 aromatic carbocycles. The average Bonchev–Trinajstić information content (AvgIpc) is 3.01. The molecular formula is C12H17N5O2. The third kappa shape index (κ3) is 1.95. The zero-order chi connectivity index (χ0) is 14.3. The molecule has 0 bridgehead atoms. The van der Waals surface area contributed by atoms with E-state index in [0.29, 0.717) is 17.6 Å². The highest BCUT2D eigenvalue weighted by Gasteiger charge is 2.32. The van der Waals surface area contributed by atoms with Crippen molar-refractivity contribution in [2.75, 3.05) is 19.0 Å². The second-order valence-corrected chi connectivity index (χ2v) is 4.85. The van der Waals surface area contributed by atoms with E-state index in [1.165, 1.54) is 6.33 Å². The molecule has 1 aliphatic rings. The molecule has 7 heteroatoms. The second-order valence-electron chi connectivity index (χ2n) is 4.85. The van der Waals surface area contributed by atoms with Gasteiger partial charge < -0.3 is 14.7 Å². The van der Waals surface area contributed by atoms with Crippen molar-refractivity contribution in [1.29, 1.82) is 0 Å². The Labute approximate surface area is 112 Å². The fraction of sp³-hybridized carbons (Fsp3) is 0.583. The molecule has 3 atom stereocenters. The van der Waals surface area contributed by atoms with Gasteiger partial charge >= 0.3 is 0 Å². The molecule has 102 valence electrons. The number of rotatable bonds is 2. The summed E-state index contributed by atoms with van der Waals surface area (Å²) >= 11 is 0. The predicted octanol–water partition coefficient (Wildman–Crippen LogP) is 0.561. The van der Waals surface area contributed by atoms with Crippen molar-refractivity contribution in [2.24, 2.45) is 0 Å². The van der Waals surface area contributed by atoms with Gasteiger partial charge in [-0.05, 0) is 6.90 Å². The molecule has 19 heavy (non-hydrogen) atoms. The van der Waals surface area contributed by atoms with E-state index in [-0.39, 0.29) is 13.1 Å². The summed E-state index contributed by atoms with van der Waals surface area (Å²) in [4.78, 5) is 14.7. The van der Waals surface area contributed by atoms with Gasteiger partial charge in [-0.15, -0.1) is 0 Å². The predicted molar refractivity (Wildman–Crippen MR) is 69.9 cm³/mol. The van der Waals surface area contributed by atoms with E-state index in [1.807, 2.05) is 19.0 Å². The molecule has 2 aromatic rings. The van der Waals surface area contributed by atoms with E-state index in [9.17, 15) is 5.11 Å². The quantitative estimate of drug-likeness (QED) is 0.855. The number of aromatic nitrogens is 4. The van der Waals surface area contributed by atoms with Gasteiger partial charge in [0.2, 0.25) is 0 Å². The second kappa shape index (κ2) is 4.43. The van der Waals surface area contributed by atoms with Gasteiger partial charge in [0.25, 0.3) is 0 Å². The lowest BCUT2D eigenvalue weighted by Crippen LogP contribution is -2.15. The van der Waals surface area contributed by atoms with Gasteiger partial charge in [0, 0.05) is 21.9 Å². The summed E-state index contributed by atoms with van der Waals surface area (Å²) in [6, 6.07) is 0. The molecule has 1 saturated heterocycles. The van der Waals surface area contributed by atoms with Crippen LogP contribution in [0.5, 0.6) is 0 Å². The van der Waals surface area contributed by atoms with Gasteiger partial charge in [-0.2, -0.15) is 0 Å². The molecule has 1 N–H and O–H groups in total. The van der Waals surface area contributed by atoms with Crippen LogP contribution >= 0.6 is 0 Å². The van der Waals surface area contributed by atoms with Crippen molar-refractivity contribution in [1.82, 2.24) is 19.5 Å². The van der Waals surface area contributed by atoms with Gasteiger partial charge in [-0.25, -0.2) is 15.0 Å². The van der Waals surface area contributed by atoms with E-state index in [2.05, 4.69) is 15.0 Å². The van der Waals surface area contributed by atoms with Crippen molar-refractivity contribution in [3.8, 4) is 0 Å². The first-order chi connectivity index (χ1) is 9.61. The highest BCUT2D eigenvalue weighted by molar-refractivity contribution is 5.83. The zero-order valence-electron chi connectivity index (χ0n) is 11.9. The first-order valence-electron chi connectivity index (χ1n) is 6.80. The van der Waals surface area contributed by atoms with Crippen molar-refractivity contribution in [2.45, 2.75) is 31.8 Å². The molecule has 0 amide bonds. The van der Waals surface area contributed by atoms with Crippen LogP contribution in [0.3, 0.4) is 0 Å². The van der Waals surface area contributed by atoms with Crippen LogP contribution in [-0.4, -0.2) is 50.9 Å². The smallest absolute Gasteiger partial charge is 0.167 e. The van der Waals surface area contributed by atoms with Gasteiger partial charge in [0.05, 0.1) is 18.5 Å².